The number of pyridine rings is 1. The van der Waals surface area contributed by atoms with Crippen LogP contribution in [0.15, 0.2) is 24.7 Å². The Morgan fingerprint density at radius 2 is 2.11 bits per heavy atom. The Morgan fingerprint density at radius 1 is 1.22 bits per heavy atom. The van der Waals surface area contributed by atoms with Gasteiger partial charge in [-0.2, -0.15) is 0 Å². The van der Waals surface area contributed by atoms with E-state index in [2.05, 4.69) is 21.0 Å². The summed E-state index contributed by atoms with van der Waals surface area (Å²) in [5, 5.41) is 0.459. The summed E-state index contributed by atoms with van der Waals surface area (Å²) in [6.07, 6.45) is 6.46. The topological polar surface area (TPSA) is 64.7 Å². The maximum atomic E-state index is 6.22. The van der Waals surface area contributed by atoms with E-state index < -0.39 is 0 Å². The molecular weight excluding hydrogens is 248 g/mol. The van der Waals surface area contributed by atoms with E-state index in [0.29, 0.717) is 10.8 Å². The van der Waals surface area contributed by atoms with Crippen LogP contribution < -0.4 is 5.73 Å². The molecule has 0 aliphatic heterocycles. The van der Waals surface area contributed by atoms with E-state index in [0.717, 1.165) is 30.7 Å². The average Bonchev–Trinajstić information content (AvgIpc) is 2.41. The van der Waals surface area contributed by atoms with Crippen LogP contribution in [0.25, 0.3) is 0 Å². The predicted molar refractivity (Wildman–Crippen MR) is 70.5 cm³/mol. The molecule has 92 valence electrons. The highest BCUT2D eigenvalue weighted by molar-refractivity contribution is 6.33. The van der Waals surface area contributed by atoms with Gasteiger partial charge >= 0.3 is 0 Å². The fraction of sp³-hybridized carbons (Fsp3) is 0.308. The van der Waals surface area contributed by atoms with Crippen molar-refractivity contribution in [1.29, 1.82) is 0 Å². The first kappa shape index (κ1) is 11.4. The highest BCUT2D eigenvalue weighted by Gasteiger charge is 2.26. The number of nitrogens with two attached hydrogens (primary N) is 1. The van der Waals surface area contributed by atoms with Crippen LogP contribution in [0.4, 0.5) is 5.82 Å². The molecule has 18 heavy (non-hydrogen) atoms. The van der Waals surface area contributed by atoms with Crippen molar-refractivity contribution in [3.63, 3.8) is 0 Å². The lowest BCUT2D eigenvalue weighted by molar-refractivity contribution is 0.587. The van der Waals surface area contributed by atoms with Gasteiger partial charge in [0.05, 0.1) is 11.4 Å². The fourth-order valence-electron chi connectivity index (χ4n) is 2.52. The molecule has 2 aromatic heterocycles. The standard InChI is InChI=1S/C13H13ClN4/c14-10-12(17-7-18-13(10)15)9-5-1-3-8-4-2-6-16-11(8)9/h2,4,6-7,9H,1,3,5H2,(H2,15,17,18). The molecule has 2 heterocycles. The molecule has 0 saturated carbocycles. The van der Waals surface area contributed by atoms with Gasteiger partial charge in [0, 0.05) is 12.1 Å². The molecule has 0 fully saturated rings. The summed E-state index contributed by atoms with van der Waals surface area (Å²) in [4.78, 5) is 12.7. The molecule has 5 heteroatoms. The second-order valence-electron chi connectivity index (χ2n) is 4.45. The minimum Gasteiger partial charge on any atom is -0.382 e. The van der Waals surface area contributed by atoms with E-state index in [1.807, 2.05) is 12.3 Å². The number of nitrogen functional groups attached to an aromatic ring is 1. The fourth-order valence-corrected chi connectivity index (χ4v) is 2.75. The Kier molecular flexibility index (Phi) is 2.88. The normalized spacial score (nSPS) is 18.4. The van der Waals surface area contributed by atoms with Crippen molar-refractivity contribution in [2.24, 2.45) is 0 Å². The van der Waals surface area contributed by atoms with Crippen molar-refractivity contribution in [2.75, 3.05) is 5.73 Å². The Balaban J connectivity index is 2.11. The van der Waals surface area contributed by atoms with E-state index in [9.17, 15) is 0 Å². The van der Waals surface area contributed by atoms with Crippen molar-refractivity contribution in [3.05, 3.63) is 46.6 Å². The maximum Gasteiger partial charge on any atom is 0.145 e. The van der Waals surface area contributed by atoms with E-state index in [1.165, 1.54) is 11.9 Å². The van der Waals surface area contributed by atoms with Crippen molar-refractivity contribution < 1.29 is 0 Å². The summed E-state index contributed by atoms with van der Waals surface area (Å²) in [5.74, 6) is 0.470. The van der Waals surface area contributed by atoms with E-state index in [4.69, 9.17) is 17.3 Å². The predicted octanol–water partition coefficient (Wildman–Crippen LogP) is 2.58. The van der Waals surface area contributed by atoms with Crippen LogP contribution in [0.2, 0.25) is 5.02 Å². The summed E-state index contributed by atoms with van der Waals surface area (Å²) in [6.45, 7) is 0. The zero-order valence-electron chi connectivity index (χ0n) is 9.81. The summed E-state index contributed by atoms with van der Waals surface area (Å²) >= 11 is 6.22. The first-order valence-electron chi connectivity index (χ1n) is 5.97. The number of anilines is 1. The van der Waals surface area contributed by atoms with Gasteiger partial charge in [-0.25, -0.2) is 9.97 Å². The number of halogens is 1. The SMILES string of the molecule is Nc1ncnc(C2CCCc3cccnc32)c1Cl. The third kappa shape index (κ3) is 1.82. The third-order valence-electron chi connectivity index (χ3n) is 3.37. The summed E-state index contributed by atoms with van der Waals surface area (Å²) < 4.78 is 0. The number of rotatable bonds is 1. The largest absolute Gasteiger partial charge is 0.382 e. The van der Waals surface area contributed by atoms with Gasteiger partial charge in [-0.1, -0.05) is 17.7 Å². The zero-order valence-corrected chi connectivity index (χ0v) is 10.6. The van der Waals surface area contributed by atoms with Crippen molar-refractivity contribution in [3.8, 4) is 0 Å². The van der Waals surface area contributed by atoms with Gasteiger partial charge in [0.1, 0.15) is 17.2 Å². The molecular formula is C13H13ClN4. The van der Waals surface area contributed by atoms with Crippen molar-refractivity contribution in [2.45, 2.75) is 25.2 Å². The van der Waals surface area contributed by atoms with Crippen LogP contribution >= 0.6 is 11.6 Å². The molecule has 0 saturated heterocycles. The smallest absolute Gasteiger partial charge is 0.145 e. The highest BCUT2D eigenvalue weighted by Crippen LogP contribution is 2.37. The zero-order chi connectivity index (χ0) is 12.5. The molecule has 0 spiro atoms. The first-order valence-corrected chi connectivity index (χ1v) is 6.35. The molecule has 0 bridgehead atoms. The number of fused-ring (bicyclic) bond motifs is 1. The second-order valence-corrected chi connectivity index (χ2v) is 4.83. The van der Waals surface area contributed by atoms with Crippen LogP contribution in [0, 0.1) is 0 Å². The number of nitrogens with zero attached hydrogens (tertiary/aromatic N) is 3. The van der Waals surface area contributed by atoms with Crippen LogP contribution in [0.1, 0.15) is 35.7 Å². The number of aryl methyl sites for hydroxylation is 1. The van der Waals surface area contributed by atoms with Gasteiger partial charge in [0.2, 0.25) is 0 Å². The first-order chi connectivity index (χ1) is 8.77. The monoisotopic (exact) mass is 260 g/mol. The van der Waals surface area contributed by atoms with Crippen LogP contribution in [-0.2, 0) is 6.42 Å². The van der Waals surface area contributed by atoms with Crippen LogP contribution in [-0.4, -0.2) is 15.0 Å². The van der Waals surface area contributed by atoms with Crippen molar-refractivity contribution in [1.82, 2.24) is 15.0 Å². The molecule has 1 unspecified atom stereocenters. The molecule has 2 aromatic rings. The second kappa shape index (κ2) is 4.53. The summed E-state index contributed by atoms with van der Waals surface area (Å²) in [7, 11) is 0. The van der Waals surface area contributed by atoms with Gasteiger partial charge in [-0.3, -0.25) is 4.98 Å². The molecule has 1 atom stereocenters. The summed E-state index contributed by atoms with van der Waals surface area (Å²) in [6, 6.07) is 4.09. The highest BCUT2D eigenvalue weighted by atomic mass is 35.5. The van der Waals surface area contributed by atoms with Gasteiger partial charge in [0.15, 0.2) is 0 Å². The number of aromatic nitrogens is 3. The molecule has 1 aliphatic carbocycles. The van der Waals surface area contributed by atoms with E-state index in [-0.39, 0.29) is 5.92 Å². The molecule has 2 N–H and O–H groups in total. The molecule has 0 radical (unpaired) electrons. The molecule has 4 nitrogen and oxygen atoms in total. The van der Waals surface area contributed by atoms with Gasteiger partial charge in [0.25, 0.3) is 0 Å². The van der Waals surface area contributed by atoms with E-state index >= 15 is 0 Å². The Morgan fingerprint density at radius 3 is 3.00 bits per heavy atom. The van der Waals surface area contributed by atoms with Gasteiger partial charge < -0.3 is 5.73 Å². The Bertz CT molecular complexity index is 585. The lowest BCUT2D eigenvalue weighted by atomic mass is 9.84. The van der Waals surface area contributed by atoms with E-state index in [1.54, 1.807) is 0 Å². The van der Waals surface area contributed by atoms with Crippen LogP contribution in [0.3, 0.4) is 0 Å². The van der Waals surface area contributed by atoms with Crippen LogP contribution in [0.5, 0.6) is 0 Å². The average molecular weight is 261 g/mol. The number of hydrogen-bond acceptors (Lipinski definition) is 4. The minimum atomic E-state index is 0.132. The molecule has 0 aromatic carbocycles. The molecule has 0 amide bonds. The maximum absolute atomic E-state index is 6.22. The third-order valence-corrected chi connectivity index (χ3v) is 3.76. The van der Waals surface area contributed by atoms with Crippen molar-refractivity contribution >= 4 is 17.4 Å². The molecule has 3 rings (SSSR count). The lowest BCUT2D eigenvalue weighted by Crippen LogP contribution is -2.15. The quantitative estimate of drug-likeness (QED) is 0.856. The summed E-state index contributed by atoms with van der Waals surface area (Å²) in [5.41, 5.74) is 8.89. The minimum absolute atomic E-state index is 0.132. The Hall–Kier alpha value is -1.68. The number of hydrogen-bond donors (Lipinski definition) is 1. The Labute approximate surface area is 110 Å². The van der Waals surface area contributed by atoms with Gasteiger partial charge in [-0.15, -0.1) is 0 Å². The lowest BCUT2D eigenvalue weighted by Gasteiger charge is -2.24. The van der Waals surface area contributed by atoms with Gasteiger partial charge in [-0.05, 0) is 30.9 Å². The molecule has 1 aliphatic rings.